The van der Waals surface area contributed by atoms with Gasteiger partial charge in [0.2, 0.25) is 0 Å². The number of aromatic nitrogens is 2. The van der Waals surface area contributed by atoms with Crippen molar-refractivity contribution in [2.24, 2.45) is 10.9 Å². The van der Waals surface area contributed by atoms with Gasteiger partial charge in [-0.3, -0.25) is 9.89 Å². The topological polar surface area (TPSA) is 75.9 Å². The lowest BCUT2D eigenvalue weighted by molar-refractivity contribution is 0.00368. The van der Waals surface area contributed by atoms with E-state index in [-0.39, 0.29) is 0 Å². The number of rotatable bonds is 9. The lowest BCUT2D eigenvalue weighted by atomic mass is 9.97. The predicted molar refractivity (Wildman–Crippen MR) is 128 cm³/mol. The molecule has 0 aliphatic carbocycles. The first-order chi connectivity index (χ1) is 15.8. The molecule has 176 valence electrons. The first-order valence-corrected chi connectivity index (χ1v) is 12.1. The van der Waals surface area contributed by atoms with Crippen LogP contribution in [0.25, 0.3) is 11.0 Å². The van der Waals surface area contributed by atoms with Crippen LogP contribution >= 0.6 is 0 Å². The summed E-state index contributed by atoms with van der Waals surface area (Å²) >= 11 is 0. The number of aliphatic imine (C=N–C) groups is 1. The number of nitrogens with zero attached hydrogens (tertiary/aromatic N) is 4. The molecule has 2 unspecified atom stereocenters. The van der Waals surface area contributed by atoms with Gasteiger partial charge in [-0.05, 0) is 38.8 Å². The van der Waals surface area contributed by atoms with Crippen LogP contribution in [0, 0.1) is 12.8 Å². The zero-order valence-corrected chi connectivity index (χ0v) is 19.6. The molecular formula is C24H38N6O2. The number of hydrogen-bond donors (Lipinski definition) is 2. The molecule has 3 heterocycles. The van der Waals surface area contributed by atoms with Crippen molar-refractivity contribution < 1.29 is 9.47 Å². The number of ether oxygens (including phenoxy) is 2. The Bertz CT molecular complexity index is 870. The van der Waals surface area contributed by atoms with E-state index in [1.807, 2.05) is 6.07 Å². The Hall–Kier alpha value is -2.16. The average molecular weight is 443 g/mol. The van der Waals surface area contributed by atoms with E-state index in [1.54, 1.807) is 0 Å². The van der Waals surface area contributed by atoms with E-state index in [1.165, 1.54) is 5.52 Å². The zero-order chi connectivity index (χ0) is 22.2. The lowest BCUT2D eigenvalue weighted by Gasteiger charge is -2.36. The summed E-state index contributed by atoms with van der Waals surface area (Å²) in [7, 11) is 0. The first-order valence-electron chi connectivity index (χ1n) is 12.1. The number of imidazole rings is 1. The molecule has 2 saturated heterocycles. The van der Waals surface area contributed by atoms with Crippen LogP contribution in [0.4, 0.5) is 0 Å². The summed E-state index contributed by atoms with van der Waals surface area (Å²) in [5.74, 6) is 2.52. The van der Waals surface area contributed by atoms with Crippen LogP contribution in [-0.2, 0) is 16.0 Å². The number of morpholine rings is 1. The summed E-state index contributed by atoms with van der Waals surface area (Å²) < 4.78 is 13.6. The number of benzene rings is 1. The largest absolute Gasteiger partial charge is 0.381 e. The van der Waals surface area contributed by atoms with Gasteiger partial charge < -0.3 is 24.7 Å². The monoisotopic (exact) mass is 442 g/mol. The zero-order valence-electron chi connectivity index (χ0n) is 19.6. The van der Waals surface area contributed by atoms with Gasteiger partial charge in [-0.15, -0.1) is 0 Å². The third-order valence-electron chi connectivity index (χ3n) is 6.50. The van der Waals surface area contributed by atoms with Gasteiger partial charge in [-0.25, -0.2) is 4.98 Å². The molecule has 1 aromatic heterocycles. The van der Waals surface area contributed by atoms with E-state index in [4.69, 9.17) is 14.5 Å². The minimum absolute atomic E-state index is 0.414. The molecule has 4 rings (SSSR count). The van der Waals surface area contributed by atoms with Crippen molar-refractivity contribution >= 4 is 17.0 Å². The maximum atomic E-state index is 5.69. The Balaban J connectivity index is 1.33. The van der Waals surface area contributed by atoms with E-state index < -0.39 is 0 Å². The van der Waals surface area contributed by atoms with Crippen LogP contribution in [0.5, 0.6) is 0 Å². The van der Waals surface area contributed by atoms with Crippen molar-refractivity contribution in [2.45, 2.75) is 39.3 Å². The van der Waals surface area contributed by atoms with Crippen LogP contribution in [0.1, 0.15) is 25.6 Å². The Labute approximate surface area is 191 Å². The van der Waals surface area contributed by atoms with E-state index in [0.29, 0.717) is 12.0 Å². The fourth-order valence-electron chi connectivity index (χ4n) is 4.78. The van der Waals surface area contributed by atoms with E-state index in [2.05, 4.69) is 57.1 Å². The molecule has 8 heteroatoms. The van der Waals surface area contributed by atoms with Gasteiger partial charge in [0.15, 0.2) is 5.96 Å². The second kappa shape index (κ2) is 11.6. The first kappa shape index (κ1) is 23.0. The SMILES string of the molecule is CCNC(=NCC(C1CCOC1)N1CCOCC1)NCCCn1c(C)nc2ccccc21. The van der Waals surface area contributed by atoms with Gasteiger partial charge in [-0.1, -0.05) is 12.1 Å². The van der Waals surface area contributed by atoms with Gasteiger partial charge in [0, 0.05) is 51.3 Å². The average Bonchev–Trinajstić information content (AvgIpc) is 3.45. The second-order valence-corrected chi connectivity index (χ2v) is 8.64. The molecule has 2 aliphatic rings. The molecule has 1 aromatic carbocycles. The normalized spacial score (nSPS) is 21.2. The summed E-state index contributed by atoms with van der Waals surface area (Å²) in [5.41, 5.74) is 2.27. The van der Waals surface area contributed by atoms with Crippen LogP contribution in [0.2, 0.25) is 0 Å². The van der Waals surface area contributed by atoms with Crippen molar-refractivity contribution in [3.63, 3.8) is 0 Å². The van der Waals surface area contributed by atoms with Crippen molar-refractivity contribution in [3.8, 4) is 0 Å². The smallest absolute Gasteiger partial charge is 0.191 e. The third kappa shape index (κ3) is 5.79. The summed E-state index contributed by atoms with van der Waals surface area (Å²) in [6.07, 6.45) is 2.13. The molecule has 0 radical (unpaired) electrons. The highest BCUT2D eigenvalue weighted by atomic mass is 16.5. The molecule has 2 fully saturated rings. The number of guanidine groups is 1. The van der Waals surface area contributed by atoms with Gasteiger partial charge in [0.05, 0.1) is 37.4 Å². The Morgan fingerprint density at radius 2 is 2.03 bits per heavy atom. The van der Waals surface area contributed by atoms with Crippen molar-refractivity contribution in [1.29, 1.82) is 0 Å². The molecule has 2 N–H and O–H groups in total. The summed E-state index contributed by atoms with van der Waals surface area (Å²) in [6, 6.07) is 8.76. The minimum atomic E-state index is 0.414. The van der Waals surface area contributed by atoms with Crippen LogP contribution in [0.15, 0.2) is 29.3 Å². The fourth-order valence-corrected chi connectivity index (χ4v) is 4.78. The number of fused-ring (bicyclic) bond motifs is 1. The maximum Gasteiger partial charge on any atom is 0.191 e. The van der Waals surface area contributed by atoms with Crippen LogP contribution < -0.4 is 10.6 Å². The van der Waals surface area contributed by atoms with Gasteiger partial charge in [-0.2, -0.15) is 0 Å². The quantitative estimate of drug-likeness (QED) is 0.352. The number of aryl methyl sites for hydroxylation is 2. The molecule has 8 nitrogen and oxygen atoms in total. The molecule has 0 saturated carbocycles. The molecule has 2 aromatic rings. The highest BCUT2D eigenvalue weighted by Gasteiger charge is 2.31. The minimum Gasteiger partial charge on any atom is -0.381 e. The predicted octanol–water partition coefficient (Wildman–Crippen LogP) is 2.03. The van der Waals surface area contributed by atoms with Gasteiger partial charge in [0.1, 0.15) is 5.82 Å². The van der Waals surface area contributed by atoms with Crippen molar-refractivity contribution in [3.05, 3.63) is 30.1 Å². The molecule has 0 amide bonds. The molecule has 32 heavy (non-hydrogen) atoms. The third-order valence-corrected chi connectivity index (χ3v) is 6.50. The van der Waals surface area contributed by atoms with Crippen LogP contribution in [0.3, 0.4) is 0 Å². The molecule has 2 aliphatic heterocycles. The summed E-state index contributed by atoms with van der Waals surface area (Å²) in [5, 5.41) is 6.94. The number of hydrogen-bond acceptors (Lipinski definition) is 5. The van der Waals surface area contributed by atoms with Crippen molar-refractivity contribution in [1.82, 2.24) is 25.1 Å². The Morgan fingerprint density at radius 1 is 1.19 bits per heavy atom. The maximum absolute atomic E-state index is 5.69. The van der Waals surface area contributed by atoms with E-state index in [9.17, 15) is 0 Å². The van der Waals surface area contributed by atoms with Gasteiger partial charge in [0.25, 0.3) is 0 Å². The van der Waals surface area contributed by atoms with Crippen molar-refractivity contribution in [2.75, 3.05) is 59.2 Å². The Morgan fingerprint density at radius 3 is 2.81 bits per heavy atom. The molecule has 2 atom stereocenters. The van der Waals surface area contributed by atoms with E-state index in [0.717, 1.165) is 95.8 Å². The number of para-hydroxylation sites is 2. The highest BCUT2D eigenvalue weighted by Crippen LogP contribution is 2.22. The molecular weight excluding hydrogens is 404 g/mol. The summed E-state index contributed by atoms with van der Waals surface area (Å²) in [6.45, 7) is 13.0. The molecule has 0 bridgehead atoms. The van der Waals surface area contributed by atoms with Crippen LogP contribution in [-0.4, -0.2) is 85.6 Å². The van der Waals surface area contributed by atoms with Gasteiger partial charge >= 0.3 is 0 Å². The molecule has 0 spiro atoms. The van der Waals surface area contributed by atoms with E-state index >= 15 is 0 Å². The Kier molecular flexibility index (Phi) is 8.36. The second-order valence-electron chi connectivity index (χ2n) is 8.64. The lowest BCUT2D eigenvalue weighted by Crippen LogP contribution is -2.49. The highest BCUT2D eigenvalue weighted by molar-refractivity contribution is 5.79. The number of nitrogens with one attached hydrogen (secondary N) is 2. The fraction of sp³-hybridized carbons (Fsp3) is 0.667. The summed E-state index contributed by atoms with van der Waals surface area (Å²) in [4.78, 5) is 12.2. The standard InChI is InChI=1S/C24H38N6O2/c1-3-25-24(26-10-6-11-30-19(2)28-21-7-4-5-8-22(21)30)27-17-23(20-9-14-32-18-20)29-12-15-31-16-13-29/h4-5,7-8,20,23H,3,6,9-18H2,1-2H3,(H2,25,26,27).